The number of benzene rings is 1. The summed E-state index contributed by atoms with van der Waals surface area (Å²) in [5, 5.41) is 1.81. The summed E-state index contributed by atoms with van der Waals surface area (Å²) in [4.78, 5) is 11.1. The van der Waals surface area contributed by atoms with Crippen LogP contribution in [0.25, 0.3) is 15.9 Å². The molecule has 0 fully saturated rings. The lowest BCUT2D eigenvalue weighted by molar-refractivity contribution is -0.118. The Morgan fingerprint density at radius 3 is 2.81 bits per heavy atom. The highest BCUT2D eigenvalue weighted by atomic mass is 35.5. The molecule has 0 saturated carbocycles. The summed E-state index contributed by atoms with van der Waals surface area (Å²) in [6.07, 6.45) is 1.77. The fraction of sp³-hybridized carbons (Fsp3) is 0.312. The molecule has 3 rings (SSSR count). The first-order valence-electron chi connectivity index (χ1n) is 6.99. The van der Waals surface area contributed by atoms with Gasteiger partial charge in [-0.2, -0.15) is 0 Å². The second-order valence-corrected chi connectivity index (χ2v) is 5.89. The zero-order chi connectivity index (χ0) is 15.1. The van der Waals surface area contributed by atoms with Gasteiger partial charge in [0, 0.05) is 41.7 Å². The Morgan fingerprint density at radius 2 is 2.10 bits per heavy atom. The van der Waals surface area contributed by atoms with Gasteiger partial charge >= 0.3 is 0 Å². The van der Waals surface area contributed by atoms with Gasteiger partial charge in [0.15, 0.2) is 0 Å². The molecular formula is C16H18ClN3O. The molecule has 1 aromatic heterocycles. The van der Waals surface area contributed by atoms with Crippen molar-refractivity contribution in [1.29, 1.82) is 0 Å². The van der Waals surface area contributed by atoms with Gasteiger partial charge in [-0.15, -0.1) is 0 Å². The lowest BCUT2D eigenvalue weighted by atomic mass is 9.90. The summed E-state index contributed by atoms with van der Waals surface area (Å²) in [5.74, 6) is -0.400. The predicted molar refractivity (Wildman–Crippen MR) is 85.8 cm³/mol. The van der Waals surface area contributed by atoms with Gasteiger partial charge in [0.2, 0.25) is 5.91 Å². The quantitative estimate of drug-likeness (QED) is 0.913. The Bertz CT molecular complexity index is 760. The maximum atomic E-state index is 11.1. The third-order valence-corrected chi connectivity index (χ3v) is 4.66. The highest BCUT2D eigenvalue weighted by molar-refractivity contribution is 6.50. The van der Waals surface area contributed by atoms with E-state index in [0.29, 0.717) is 5.03 Å². The molecule has 0 aliphatic heterocycles. The van der Waals surface area contributed by atoms with E-state index in [1.807, 2.05) is 12.1 Å². The van der Waals surface area contributed by atoms with E-state index in [1.165, 1.54) is 5.69 Å². The number of halogens is 1. The summed E-state index contributed by atoms with van der Waals surface area (Å²) >= 11 is 6.62. The van der Waals surface area contributed by atoms with Crippen LogP contribution in [-0.4, -0.2) is 16.5 Å². The first-order chi connectivity index (χ1) is 10.0. The molecule has 2 aromatic rings. The molecule has 110 valence electrons. The Hall–Kier alpha value is -1.78. The number of carbonyl (C=O) groups is 1. The van der Waals surface area contributed by atoms with Crippen molar-refractivity contribution in [2.75, 3.05) is 0 Å². The number of hydrogen-bond donors (Lipinski definition) is 2. The second-order valence-electron chi connectivity index (χ2n) is 5.51. The first kappa shape index (κ1) is 14.2. The molecule has 5 heteroatoms. The molecule has 0 radical (unpaired) electrons. The molecule has 1 aromatic carbocycles. The fourth-order valence-corrected chi connectivity index (χ4v) is 3.64. The molecule has 4 nitrogen and oxygen atoms in total. The Labute approximate surface area is 128 Å². The molecule has 1 amide bonds. The van der Waals surface area contributed by atoms with Crippen molar-refractivity contribution in [2.45, 2.75) is 25.3 Å². The second kappa shape index (κ2) is 5.20. The maximum Gasteiger partial charge on any atom is 0.219 e. The predicted octanol–water partition coefficient (Wildman–Crippen LogP) is 2.28. The summed E-state index contributed by atoms with van der Waals surface area (Å²) < 4.78 is 2.18. The standard InChI is InChI=1S/C16H18ClN3O/c1-20-12-5-3-2-4-10(12)15-13(20)7-6-9(16(15)17)11(18)8-14(19)21/h2-5,11H,6-8,18H2,1H3,(H2,19,21). The lowest BCUT2D eigenvalue weighted by Gasteiger charge is -2.22. The number of aromatic nitrogens is 1. The number of fused-ring (bicyclic) bond motifs is 3. The number of primary amides is 1. The molecule has 1 unspecified atom stereocenters. The van der Waals surface area contributed by atoms with E-state index in [-0.39, 0.29) is 6.42 Å². The first-order valence-corrected chi connectivity index (χ1v) is 7.37. The van der Waals surface area contributed by atoms with Gasteiger partial charge in [0.05, 0.1) is 5.03 Å². The van der Waals surface area contributed by atoms with E-state index in [2.05, 4.69) is 23.7 Å². The largest absolute Gasteiger partial charge is 0.370 e. The minimum Gasteiger partial charge on any atom is -0.370 e. The molecule has 0 spiro atoms. The van der Waals surface area contributed by atoms with Crippen molar-refractivity contribution in [1.82, 2.24) is 4.57 Å². The van der Waals surface area contributed by atoms with E-state index < -0.39 is 11.9 Å². The van der Waals surface area contributed by atoms with Crippen molar-refractivity contribution >= 4 is 33.4 Å². The minimum atomic E-state index is -0.401. The van der Waals surface area contributed by atoms with Crippen molar-refractivity contribution in [3.05, 3.63) is 41.1 Å². The molecule has 1 aliphatic carbocycles. The van der Waals surface area contributed by atoms with E-state index in [1.54, 1.807) is 0 Å². The topological polar surface area (TPSA) is 74.0 Å². The molecule has 4 N–H and O–H groups in total. The van der Waals surface area contributed by atoms with Gasteiger partial charge < -0.3 is 16.0 Å². The number of carbonyl (C=O) groups excluding carboxylic acids is 1. The van der Waals surface area contributed by atoms with Gasteiger partial charge in [0.1, 0.15) is 0 Å². The smallest absolute Gasteiger partial charge is 0.219 e. The van der Waals surface area contributed by atoms with Gasteiger partial charge in [-0.05, 0) is 24.5 Å². The zero-order valence-corrected chi connectivity index (χ0v) is 12.7. The molecule has 21 heavy (non-hydrogen) atoms. The van der Waals surface area contributed by atoms with E-state index in [9.17, 15) is 4.79 Å². The number of amides is 1. The van der Waals surface area contributed by atoms with Crippen LogP contribution in [0.5, 0.6) is 0 Å². The highest BCUT2D eigenvalue weighted by Crippen LogP contribution is 2.41. The summed E-state index contributed by atoms with van der Waals surface area (Å²) in [5.41, 5.74) is 15.7. The average molecular weight is 304 g/mol. The fourth-order valence-electron chi connectivity index (χ4n) is 3.20. The summed E-state index contributed by atoms with van der Waals surface area (Å²) in [7, 11) is 2.06. The SMILES string of the molecule is Cn1c2c(c3ccccc31)C(Cl)=C(C(N)CC(N)=O)CC2. The molecular weight excluding hydrogens is 286 g/mol. The van der Waals surface area contributed by atoms with Crippen molar-refractivity contribution in [3.8, 4) is 0 Å². The third-order valence-electron chi connectivity index (χ3n) is 4.23. The Kier molecular flexibility index (Phi) is 3.51. The number of para-hydroxylation sites is 1. The van der Waals surface area contributed by atoms with E-state index in [0.717, 1.165) is 34.9 Å². The Balaban J connectivity index is 2.17. The van der Waals surface area contributed by atoms with Crippen LogP contribution in [0, 0.1) is 0 Å². The minimum absolute atomic E-state index is 0.131. The molecule has 1 atom stereocenters. The molecule has 1 aliphatic rings. The number of hydrogen-bond acceptors (Lipinski definition) is 2. The summed E-state index contributed by atoms with van der Waals surface area (Å²) in [6, 6.07) is 7.78. The van der Waals surface area contributed by atoms with Crippen LogP contribution >= 0.6 is 11.6 Å². The molecule has 0 saturated heterocycles. The van der Waals surface area contributed by atoms with Gasteiger partial charge in [0.25, 0.3) is 0 Å². The van der Waals surface area contributed by atoms with Crippen LogP contribution in [0.15, 0.2) is 29.8 Å². The summed E-state index contributed by atoms with van der Waals surface area (Å²) in [6.45, 7) is 0. The number of nitrogens with zero attached hydrogens (tertiary/aromatic N) is 1. The maximum absolute atomic E-state index is 11.1. The van der Waals surface area contributed by atoms with Crippen LogP contribution in [0.1, 0.15) is 24.1 Å². The third kappa shape index (κ3) is 2.24. The van der Waals surface area contributed by atoms with Crippen LogP contribution < -0.4 is 11.5 Å². The van der Waals surface area contributed by atoms with Gasteiger partial charge in [-0.1, -0.05) is 29.8 Å². The van der Waals surface area contributed by atoms with Crippen LogP contribution in [0.2, 0.25) is 0 Å². The van der Waals surface area contributed by atoms with Crippen molar-refractivity contribution in [3.63, 3.8) is 0 Å². The van der Waals surface area contributed by atoms with E-state index in [4.69, 9.17) is 23.1 Å². The highest BCUT2D eigenvalue weighted by Gasteiger charge is 2.27. The van der Waals surface area contributed by atoms with Gasteiger partial charge in [-0.3, -0.25) is 4.79 Å². The van der Waals surface area contributed by atoms with Gasteiger partial charge in [-0.25, -0.2) is 0 Å². The molecule has 1 heterocycles. The number of aryl methyl sites for hydroxylation is 1. The molecule has 0 bridgehead atoms. The monoisotopic (exact) mass is 303 g/mol. The van der Waals surface area contributed by atoms with Crippen LogP contribution in [0.4, 0.5) is 0 Å². The van der Waals surface area contributed by atoms with Crippen molar-refractivity contribution < 1.29 is 4.79 Å². The number of nitrogens with two attached hydrogens (primary N) is 2. The Morgan fingerprint density at radius 1 is 1.38 bits per heavy atom. The number of rotatable bonds is 3. The normalized spacial score (nSPS) is 16.1. The lowest BCUT2D eigenvalue weighted by Crippen LogP contribution is -2.31. The van der Waals surface area contributed by atoms with Crippen LogP contribution in [-0.2, 0) is 18.3 Å². The van der Waals surface area contributed by atoms with E-state index >= 15 is 0 Å². The average Bonchev–Trinajstić information content (AvgIpc) is 2.73. The van der Waals surface area contributed by atoms with Crippen LogP contribution in [0.3, 0.4) is 0 Å². The van der Waals surface area contributed by atoms with Crippen molar-refractivity contribution in [2.24, 2.45) is 18.5 Å². The zero-order valence-electron chi connectivity index (χ0n) is 11.9.